The van der Waals surface area contributed by atoms with E-state index < -0.39 is 21.5 Å². The summed E-state index contributed by atoms with van der Waals surface area (Å²) in [7, 11) is -3.39. The van der Waals surface area contributed by atoms with Crippen LogP contribution in [0.5, 0.6) is 0 Å². The summed E-state index contributed by atoms with van der Waals surface area (Å²) in [5.41, 5.74) is 0.120. The lowest BCUT2D eigenvalue weighted by atomic mass is 10.2. The molecule has 0 saturated carbocycles. The maximum Gasteiger partial charge on any atom is 0.175 e. The lowest BCUT2D eigenvalue weighted by Gasteiger charge is -2.14. The van der Waals surface area contributed by atoms with E-state index in [1.165, 1.54) is 18.2 Å². The molecule has 1 aromatic heterocycles. The first-order chi connectivity index (χ1) is 13.6. The van der Waals surface area contributed by atoms with Crippen LogP contribution in [0.25, 0.3) is 11.4 Å². The number of nitrogens with zero attached hydrogens (tertiary/aromatic N) is 2. The van der Waals surface area contributed by atoms with Crippen LogP contribution in [0.3, 0.4) is 0 Å². The molecule has 29 heavy (non-hydrogen) atoms. The second-order valence-electron chi connectivity index (χ2n) is 6.78. The quantitative estimate of drug-likeness (QED) is 0.618. The van der Waals surface area contributed by atoms with E-state index in [0.29, 0.717) is 11.5 Å². The van der Waals surface area contributed by atoms with Crippen LogP contribution < -0.4 is 10.6 Å². The number of halogens is 2. The van der Waals surface area contributed by atoms with Gasteiger partial charge in [-0.25, -0.2) is 27.2 Å². The Bertz CT molecular complexity index is 1130. The molecular weight excluding hydrogens is 398 g/mol. The van der Waals surface area contributed by atoms with Gasteiger partial charge in [-0.15, -0.1) is 0 Å². The third-order valence-corrected chi connectivity index (χ3v) is 4.99. The number of sulfone groups is 1. The molecule has 0 aliphatic rings. The molecule has 0 spiro atoms. The fourth-order valence-corrected chi connectivity index (χ4v) is 3.32. The van der Waals surface area contributed by atoms with Crippen LogP contribution in [-0.2, 0) is 9.84 Å². The Kier molecular flexibility index (Phi) is 5.78. The third-order valence-electron chi connectivity index (χ3n) is 3.88. The Morgan fingerprint density at radius 3 is 2.17 bits per heavy atom. The summed E-state index contributed by atoms with van der Waals surface area (Å²) in [5.74, 6) is -1.07. The van der Waals surface area contributed by atoms with E-state index in [-0.39, 0.29) is 28.1 Å². The third kappa shape index (κ3) is 5.05. The van der Waals surface area contributed by atoms with E-state index in [2.05, 4.69) is 20.6 Å². The fourth-order valence-electron chi connectivity index (χ4n) is 2.66. The summed E-state index contributed by atoms with van der Waals surface area (Å²) >= 11 is 0. The number of hydrogen-bond donors (Lipinski definition) is 2. The van der Waals surface area contributed by atoms with Crippen molar-refractivity contribution < 1.29 is 17.2 Å². The van der Waals surface area contributed by atoms with Gasteiger partial charge in [0.25, 0.3) is 0 Å². The lowest BCUT2D eigenvalue weighted by molar-refractivity contribution is 0.587. The Labute approximate surface area is 168 Å². The van der Waals surface area contributed by atoms with Gasteiger partial charge in [-0.05, 0) is 44.2 Å². The van der Waals surface area contributed by atoms with Crippen LogP contribution in [0, 0.1) is 11.6 Å². The summed E-state index contributed by atoms with van der Waals surface area (Å²) in [6, 6.07) is 11.3. The number of anilines is 3. The average Bonchev–Trinajstić information content (AvgIpc) is 2.60. The van der Waals surface area contributed by atoms with Crippen LogP contribution in [0.4, 0.5) is 26.1 Å². The first kappa shape index (κ1) is 20.7. The highest BCUT2D eigenvalue weighted by Gasteiger charge is 2.17. The highest BCUT2D eigenvalue weighted by molar-refractivity contribution is 7.90. The predicted octanol–water partition coefficient (Wildman–Crippen LogP) is 4.39. The zero-order valence-corrected chi connectivity index (χ0v) is 16.9. The second-order valence-corrected chi connectivity index (χ2v) is 8.80. The highest BCUT2D eigenvalue weighted by Crippen LogP contribution is 2.27. The topological polar surface area (TPSA) is 84.0 Å². The number of hydrogen-bond acceptors (Lipinski definition) is 6. The van der Waals surface area contributed by atoms with E-state index in [1.807, 2.05) is 13.8 Å². The molecule has 0 aliphatic carbocycles. The summed E-state index contributed by atoms with van der Waals surface area (Å²) in [4.78, 5) is 8.59. The molecule has 0 saturated heterocycles. The molecule has 1 heterocycles. The van der Waals surface area contributed by atoms with Gasteiger partial charge in [-0.3, -0.25) is 0 Å². The van der Waals surface area contributed by atoms with Crippen LogP contribution in [0.2, 0.25) is 0 Å². The molecule has 0 unspecified atom stereocenters. The standard InChI is InChI=1S/C20H20F2N4O2S/c1-12(2)23-17-11-18(24-13-6-4-7-14(10-13)29(3,27)28)26-20(25-17)19-15(21)8-5-9-16(19)22/h4-12H,1-3H3,(H2,23,24,25,26). The van der Waals surface area contributed by atoms with E-state index in [4.69, 9.17) is 0 Å². The zero-order chi connectivity index (χ0) is 21.2. The molecule has 0 aliphatic heterocycles. The molecule has 3 rings (SSSR count). The molecule has 3 aromatic rings. The number of nitrogens with one attached hydrogen (secondary N) is 2. The summed E-state index contributed by atoms with van der Waals surface area (Å²) in [6.45, 7) is 3.79. The normalized spacial score (nSPS) is 11.5. The second kappa shape index (κ2) is 8.12. The van der Waals surface area contributed by atoms with Gasteiger partial charge >= 0.3 is 0 Å². The molecule has 9 heteroatoms. The maximum atomic E-state index is 14.2. The van der Waals surface area contributed by atoms with Gasteiger partial charge in [0.05, 0.1) is 10.5 Å². The van der Waals surface area contributed by atoms with Crippen LogP contribution in [-0.4, -0.2) is 30.7 Å². The van der Waals surface area contributed by atoms with Gasteiger partial charge in [0.2, 0.25) is 0 Å². The van der Waals surface area contributed by atoms with Crippen molar-refractivity contribution in [1.82, 2.24) is 9.97 Å². The summed E-state index contributed by atoms with van der Waals surface area (Å²) < 4.78 is 52.1. The number of aromatic nitrogens is 2. The predicted molar refractivity (Wildman–Crippen MR) is 109 cm³/mol. The molecule has 2 aromatic carbocycles. The van der Waals surface area contributed by atoms with Crippen molar-refractivity contribution in [2.24, 2.45) is 0 Å². The Hall–Kier alpha value is -3.07. The van der Waals surface area contributed by atoms with Crippen molar-refractivity contribution in [2.75, 3.05) is 16.9 Å². The Morgan fingerprint density at radius 1 is 0.931 bits per heavy atom. The van der Waals surface area contributed by atoms with Crippen molar-refractivity contribution in [1.29, 1.82) is 0 Å². The summed E-state index contributed by atoms with van der Waals surface area (Å²) in [6.07, 6.45) is 1.11. The molecule has 0 radical (unpaired) electrons. The minimum atomic E-state index is -3.39. The summed E-state index contributed by atoms with van der Waals surface area (Å²) in [5, 5.41) is 6.06. The van der Waals surface area contributed by atoms with Crippen LogP contribution in [0.15, 0.2) is 53.4 Å². The van der Waals surface area contributed by atoms with Crippen molar-refractivity contribution >= 4 is 27.2 Å². The van der Waals surface area contributed by atoms with Crippen LogP contribution >= 0.6 is 0 Å². The van der Waals surface area contributed by atoms with Crippen molar-refractivity contribution in [2.45, 2.75) is 24.8 Å². The van der Waals surface area contributed by atoms with Gasteiger partial charge in [0.1, 0.15) is 23.3 Å². The van der Waals surface area contributed by atoms with Gasteiger partial charge in [0, 0.05) is 24.1 Å². The molecular formula is C20H20F2N4O2S. The largest absolute Gasteiger partial charge is 0.368 e. The molecule has 0 atom stereocenters. The first-order valence-electron chi connectivity index (χ1n) is 8.80. The van der Waals surface area contributed by atoms with Crippen molar-refractivity contribution in [3.8, 4) is 11.4 Å². The van der Waals surface area contributed by atoms with E-state index in [1.54, 1.807) is 18.2 Å². The maximum absolute atomic E-state index is 14.2. The van der Waals surface area contributed by atoms with Crippen LogP contribution in [0.1, 0.15) is 13.8 Å². The molecule has 0 amide bonds. The molecule has 0 bridgehead atoms. The van der Waals surface area contributed by atoms with Crippen molar-refractivity contribution in [3.05, 3.63) is 60.2 Å². The van der Waals surface area contributed by atoms with E-state index in [9.17, 15) is 17.2 Å². The molecule has 6 nitrogen and oxygen atoms in total. The highest BCUT2D eigenvalue weighted by atomic mass is 32.2. The monoisotopic (exact) mass is 418 g/mol. The SMILES string of the molecule is CC(C)Nc1cc(Nc2cccc(S(C)(=O)=O)c2)nc(-c2c(F)cccc2F)n1. The van der Waals surface area contributed by atoms with Gasteiger partial charge in [-0.1, -0.05) is 12.1 Å². The minimum Gasteiger partial charge on any atom is -0.368 e. The van der Waals surface area contributed by atoms with Gasteiger partial charge in [-0.2, -0.15) is 0 Å². The van der Waals surface area contributed by atoms with E-state index in [0.717, 1.165) is 18.4 Å². The zero-order valence-electron chi connectivity index (χ0n) is 16.1. The Morgan fingerprint density at radius 2 is 1.55 bits per heavy atom. The van der Waals surface area contributed by atoms with Crippen molar-refractivity contribution in [3.63, 3.8) is 0 Å². The molecule has 152 valence electrons. The van der Waals surface area contributed by atoms with Gasteiger partial charge in [0.15, 0.2) is 15.7 Å². The van der Waals surface area contributed by atoms with Gasteiger partial charge < -0.3 is 10.6 Å². The molecule has 0 fully saturated rings. The smallest absolute Gasteiger partial charge is 0.175 e. The first-order valence-corrected chi connectivity index (χ1v) is 10.7. The number of rotatable bonds is 6. The van der Waals surface area contributed by atoms with E-state index >= 15 is 0 Å². The number of benzene rings is 2. The fraction of sp³-hybridized carbons (Fsp3) is 0.200. The minimum absolute atomic E-state index is 0.0182. The molecule has 2 N–H and O–H groups in total. The Balaban J connectivity index is 2.07. The average molecular weight is 418 g/mol. The lowest BCUT2D eigenvalue weighted by Crippen LogP contribution is -2.12.